The van der Waals surface area contributed by atoms with Gasteiger partial charge < -0.3 is 10.1 Å². The number of rotatable bonds is 5. The maximum atomic E-state index is 12.2. The molecule has 0 aliphatic heterocycles. The van der Waals surface area contributed by atoms with Crippen molar-refractivity contribution in [3.63, 3.8) is 0 Å². The molecule has 106 valence electrons. The molecule has 0 saturated heterocycles. The Morgan fingerprint density at radius 1 is 1.42 bits per heavy atom. The molecule has 0 heterocycles. The Hall–Kier alpha value is -1.43. The Labute approximate surface area is 113 Å². The lowest BCUT2D eigenvalue weighted by Crippen LogP contribution is -2.28. The maximum absolute atomic E-state index is 12.2. The molecule has 1 rings (SSSR count). The van der Waals surface area contributed by atoms with E-state index in [1.54, 1.807) is 0 Å². The van der Waals surface area contributed by atoms with Crippen LogP contribution in [-0.2, 0) is 4.79 Å². The van der Waals surface area contributed by atoms with E-state index in [0.29, 0.717) is 13.0 Å². The van der Waals surface area contributed by atoms with Crippen molar-refractivity contribution in [1.82, 2.24) is 5.32 Å². The molecule has 1 aromatic carbocycles. The summed E-state index contributed by atoms with van der Waals surface area (Å²) in [4.78, 5) is 11.6. The average molecular weight is 296 g/mol. The van der Waals surface area contributed by atoms with E-state index < -0.39 is 23.4 Å². The van der Waals surface area contributed by atoms with Gasteiger partial charge in [0.05, 0.1) is 0 Å². The summed E-state index contributed by atoms with van der Waals surface area (Å²) in [6.45, 7) is 2.26. The van der Waals surface area contributed by atoms with Crippen molar-refractivity contribution in [2.75, 3.05) is 6.54 Å². The molecule has 1 unspecified atom stereocenters. The van der Waals surface area contributed by atoms with E-state index in [0.717, 1.165) is 6.07 Å². The van der Waals surface area contributed by atoms with Crippen molar-refractivity contribution in [1.29, 1.82) is 0 Å². The van der Waals surface area contributed by atoms with Gasteiger partial charge in [0.25, 0.3) is 0 Å². The van der Waals surface area contributed by atoms with E-state index in [4.69, 9.17) is 11.6 Å². The van der Waals surface area contributed by atoms with Crippen LogP contribution in [0, 0.1) is 0 Å². The van der Waals surface area contributed by atoms with Gasteiger partial charge in [-0.3, -0.25) is 4.79 Å². The van der Waals surface area contributed by atoms with Crippen LogP contribution in [0.3, 0.4) is 0 Å². The lowest BCUT2D eigenvalue weighted by Gasteiger charge is -2.16. The molecule has 0 bridgehead atoms. The van der Waals surface area contributed by atoms with Crippen LogP contribution in [0.1, 0.15) is 24.3 Å². The number of hydrogen-bond donors (Lipinski definition) is 1. The minimum absolute atomic E-state index is 0.0184. The van der Waals surface area contributed by atoms with E-state index in [-0.39, 0.29) is 5.56 Å². The van der Waals surface area contributed by atoms with Gasteiger partial charge in [0.1, 0.15) is 11.1 Å². The summed E-state index contributed by atoms with van der Waals surface area (Å²) in [7, 11) is 0. The smallest absolute Gasteiger partial charge is 0.405 e. The highest BCUT2D eigenvalue weighted by Crippen LogP contribution is 2.33. The third kappa shape index (κ3) is 4.98. The van der Waals surface area contributed by atoms with E-state index in [2.05, 4.69) is 10.1 Å². The first-order chi connectivity index (χ1) is 8.85. The first kappa shape index (κ1) is 15.6. The predicted octanol–water partition coefficient (Wildman–Crippen LogP) is 3.39. The summed E-state index contributed by atoms with van der Waals surface area (Å²) in [5, 5.41) is 1.28. The highest BCUT2D eigenvalue weighted by molar-refractivity contribution is 6.31. The molecule has 0 saturated carbocycles. The average Bonchev–Trinajstić information content (AvgIpc) is 2.34. The van der Waals surface area contributed by atoms with Gasteiger partial charge in [-0.1, -0.05) is 25.1 Å². The van der Waals surface area contributed by atoms with Crippen LogP contribution in [0.4, 0.5) is 13.2 Å². The lowest BCUT2D eigenvalue weighted by molar-refractivity contribution is -0.274. The summed E-state index contributed by atoms with van der Waals surface area (Å²) >= 11 is 5.87. The summed E-state index contributed by atoms with van der Waals surface area (Å²) in [6.07, 6.45) is -4.12. The van der Waals surface area contributed by atoms with Crippen LogP contribution >= 0.6 is 11.6 Å². The third-order valence-corrected chi connectivity index (χ3v) is 2.63. The molecule has 1 amide bonds. The van der Waals surface area contributed by atoms with Crippen molar-refractivity contribution in [3.05, 3.63) is 29.8 Å². The standard InChI is InChI=1S/C12H13ClF3NO2/c1-2-7-17-11(18)10(13)8-5-3-4-6-9(8)19-12(14,15)16/h3-6,10H,2,7H2,1H3,(H,17,18). The van der Waals surface area contributed by atoms with Gasteiger partial charge in [-0.25, -0.2) is 0 Å². The third-order valence-electron chi connectivity index (χ3n) is 2.20. The van der Waals surface area contributed by atoms with E-state index >= 15 is 0 Å². The second kappa shape index (κ2) is 6.65. The molecular formula is C12H13ClF3NO2. The van der Waals surface area contributed by atoms with Gasteiger partial charge >= 0.3 is 6.36 Å². The Morgan fingerprint density at radius 2 is 2.05 bits per heavy atom. The van der Waals surface area contributed by atoms with Crippen LogP contribution < -0.4 is 10.1 Å². The number of para-hydroxylation sites is 1. The SMILES string of the molecule is CCCNC(=O)C(Cl)c1ccccc1OC(F)(F)F. The molecule has 0 aliphatic carbocycles. The number of carbonyl (C=O) groups is 1. The molecule has 0 fully saturated rings. The number of carbonyl (C=O) groups excluding carboxylic acids is 1. The molecule has 19 heavy (non-hydrogen) atoms. The fraction of sp³-hybridized carbons (Fsp3) is 0.417. The molecular weight excluding hydrogens is 283 g/mol. The maximum Gasteiger partial charge on any atom is 0.573 e. The first-order valence-corrected chi connectivity index (χ1v) is 6.05. The molecule has 7 heteroatoms. The quantitative estimate of drug-likeness (QED) is 0.846. The van der Waals surface area contributed by atoms with Gasteiger partial charge in [-0.05, 0) is 12.5 Å². The monoisotopic (exact) mass is 295 g/mol. The normalized spacial score (nSPS) is 12.9. The summed E-state index contributed by atoms with van der Waals surface area (Å²) < 4.78 is 40.5. The minimum atomic E-state index is -4.83. The molecule has 3 nitrogen and oxygen atoms in total. The summed E-state index contributed by atoms with van der Waals surface area (Å²) in [5.74, 6) is -1.02. The Balaban J connectivity index is 2.90. The number of nitrogens with one attached hydrogen (secondary N) is 1. The Bertz CT molecular complexity index is 437. The molecule has 0 aromatic heterocycles. The Kier molecular flexibility index (Phi) is 5.47. The van der Waals surface area contributed by atoms with Crippen LogP contribution in [0.15, 0.2) is 24.3 Å². The topological polar surface area (TPSA) is 38.3 Å². The number of halogens is 4. The van der Waals surface area contributed by atoms with Crippen molar-refractivity contribution in [2.24, 2.45) is 0 Å². The van der Waals surface area contributed by atoms with E-state index in [1.807, 2.05) is 6.92 Å². The van der Waals surface area contributed by atoms with Gasteiger partial charge in [0.2, 0.25) is 5.91 Å². The van der Waals surface area contributed by atoms with Crippen LogP contribution in [0.5, 0.6) is 5.75 Å². The molecule has 1 atom stereocenters. The van der Waals surface area contributed by atoms with Gasteiger partial charge in [-0.2, -0.15) is 0 Å². The number of alkyl halides is 4. The fourth-order valence-electron chi connectivity index (χ4n) is 1.39. The molecule has 0 spiro atoms. The van der Waals surface area contributed by atoms with Crippen molar-refractivity contribution >= 4 is 17.5 Å². The summed E-state index contributed by atoms with van der Waals surface area (Å²) in [5.41, 5.74) is -0.0184. The van der Waals surface area contributed by atoms with Crippen LogP contribution in [0.2, 0.25) is 0 Å². The fourth-order valence-corrected chi connectivity index (χ4v) is 1.64. The molecule has 0 aliphatic rings. The second-order valence-corrected chi connectivity index (χ2v) is 4.18. The number of ether oxygens (including phenoxy) is 1. The zero-order valence-corrected chi connectivity index (χ0v) is 10.9. The van der Waals surface area contributed by atoms with E-state index in [9.17, 15) is 18.0 Å². The largest absolute Gasteiger partial charge is 0.573 e. The second-order valence-electron chi connectivity index (χ2n) is 3.74. The number of amides is 1. The van der Waals surface area contributed by atoms with Gasteiger partial charge in [0, 0.05) is 12.1 Å². The van der Waals surface area contributed by atoms with Gasteiger partial charge in [-0.15, -0.1) is 24.8 Å². The predicted molar refractivity (Wildman–Crippen MR) is 65.0 cm³/mol. The molecule has 1 N–H and O–H groups in total. The first-order valence-electron chi connectivity index (χ1n) is 5.61. The van der Waals surface area contributed by atoms with Crippen LogP contribution in [-0.4, -0.2) is 18.8 Å². The van der Waals surface area contributed by atoms with Crippen molar-refractivity contribution in [3.8, 4) is 5.75 Å². The molecule has 0 radical (unpaired) electrons. The van der Waals surface area contributed by atoms with Crippen molar-refractivity contribution in [2.45, 2.75) is 25.1 Å². The number of hydrogen-bond acceptors (Lipinski definition) is 2. The van der Waals surface area contributed by atoms with Gasteiger partial charge in [0.15, 0.2) is 0 Å². The zero-order valence-electron chi connectivity index (χ0n) is 10.1. The minimum Gasteiger partial charge on any atom is -0.405 e. The lowest BCUT2D eigenvalue weighted by atomic mass is 10.1. The summed E-state index contributed by atoms with van der Waals surface area (Å²) in [6, 6.07) is 5.30. The zero-order chi connectivity index (χ0) is 14.5. The van der Waals surface area contributed by atoms with E-state index in [1.165, 1.54) is 18.2 Å². The van der Waals surface area contributed by atoms with Crippen LogP contribution in [0.25, 0.3) is 0 Å². The highest BCUT2D eigenvalue weighted by atomic mass is 35.5. The Morgan fingerprint density at radius 3 is 2.63 bits per heavy atom. The number of benzene rings is 1. The molecule has 1 aromatic rings. The van der Waals surface area contributed by atoms with Crippen molar-refractivity contribution < 1.29 is 22.7 Å². The highest BCUT2D eigenvalue weighted by Gasteiger charge is 2.33.